The van der Waals surface area contributed by atoms with Crippen LogP contribution in [0.15, 0.2) is 29.2 Å². The average molecular weight is 371 g/mol. The molecule has 0 amide bonds. The molecule has 1 aromatic carbocycles. The van der Waals surface area contributed by atoms with Crippen LogP contribution in [0, 0.1) is 5.92 Å². The number of halogens is 1. The molecular weight excluding hydrogens is 344 g/mol. The SMILES string of the molecule is C[C@@H](N)c1ccc(S(=O)(=O)N2CCCCC2)cc1/C=C/C1CC1.Cl. The highest BCUT2D eigenvalue weighted by molar-refractivity contribution is 7.89. The van der Waals surface area contributed by atoms with E-state index in [1.165, 1.54) is 12.8 Å². The van der Waals surface area contributed by atoms with Gasteiger partial charge in [-0.3, -0.25) is 0 Å². The Morgan fingerprint density at radius 1 is 1.21 bits per heavy atom. The Morgan fingerprint density at radius 2 is 1.88 bits per heavy atom. The minimum absolute atomic E-state index is 0. The van der Waals surface area contributed by atoms with Crippen LogP contribution in [-0.4, -0.2) is 25.8 Å². The normalized spacial score (nSPS) is 20.8. The van der Waals surface area contributed by atoms with Crippen LogP contribution in [0.25, 0.3) is 6.08 Å². The van der Waals surface area contributed by atoms with E-state index in [-0.39, 0.29) is 18.4 Å². The molecule has 0 bridgehead atoms. The van der Waals surface area contributed by atoms with Crippen LogP contribution in [0.3, 0.4) is 0 Å². The molecule has 2 N–H and O–H groups in total. The Labute approximate surface area is 151 Å². The number of allylic oxidation sites excluding steroid dienone is 1. The summed E-state index contributed by atoms with van der Waals surface area (Å²) in [6.45, 7) is 3.19. The molecule has 1 saturated heterocycles. The molecule has 0 unspecified atom stereocenters. The van der Waals surface area contributed by atoms with Crippen molar-refractivity contribution >= 4 is 28.5 Å². The summed E-state index contributed by atoms with van der Waals surface area (Å²) in [4.78, 5) is 0.388. The first kappa shape index (κ1) is 19.4. The third kappa shape index (κ3) is 4.39. The summed E-state index contributed by atoms with van der Waals surface area (Å²) < 4.78 is 27.3. The Kier molecular flexibility index (Phi) is 6.48. The monoisotopic (exact) mass is 370 g/mol. The van der Waals surface area contributed by atoms with Gasteiger partial charge in [0.15, 0.2) is 0 Å². The highest BCUT2D eigenvalue weighted by atomic mass is 35.5. The molecule has 0 aromatic heterocycles. The van der Waals surface area contributed by atoms with E-state index < -0.39 is 10.0 Å². The summed E-state index contributed by atoms with van der Waals surface area (Å²) in [6, 6.07) is 5.26. The largest absolute Gasteiger partial charge is 0.324 e. The fourth-order valence-corrected chi connectivity index (χ4v) is 4.61. The molecule has 2 fully saturated rings. The van der Waals surface area contributed by atoms with Crippen molar-refractivity contribution in [2.24, 2.45) is 11.7 Å². The summed E-state index contributed by atoms with van der Waals surface area (Å²) in [5, 5.41) is 0. The summed E-state index contributed by atoms with van der Waals surface area (Å²) in [5.41, 5.74) is 7.98. The van der Waals surface area contributed by atoms with E-state index in [0.717, 1.165) is 30.4 Å². The van der Waals surface area contributed by atoms with Crippen molar-refractivity contribution in [1.29, 1.82) is 0 Å². The molecule has 134 valence electrons. The van der Waals surface area contributed by atoms with Crippen LogP contribution in [0.5, 0.6) is 0 Å². The van der Waals surface area contributed by atoms with Gasteiger partial charge in [0.05, 0.1) is 4.90 Å². The van der Waals surface area contributed by atoms with Crippen molar-refractivity contribution < 1.29 is 8.42 Å². The summed E-state index contributed by atoms with van der Waals surface area (Å²) in [6.07, 6.45) is 9.71. The van der Waals surface area contributed by atoms with Crippen molar-refractivity contribution in [2.45, 2.75) is 50.0 Å². The van der Waals surface area contributed by atoms with Gasteiger partial charge in [0.25, 0.3) is 0 Å². The van der Waals surface area contributed by atoms with Crippen LogP contribution in [0.1, 0.15) is 56.2 Å². The van der Waals surface area contributed by atoms with Crippen molar-refractivity contribution in [3.8, 4) is 0 Å². The number of piperidine rings is 1. The molecular formula is C18H27ClN2O2S. The predicted octanol–water partition coefficient (Wildman–Crippen LogP) is 3.73. The zero-order chi connectivity index (χ0) is 16.4. The van der Waals surface area contributed by atoms with Crippen molar-refractivity contribution in [2.75, 3.05) is 13.1 Å². The first-order valence-electron chi connectivity index (χ1n) is 8.56. The molecule has 1 aromatic rings. The highest BCUT2D eigenvalue weighted by Gasteiger charge is 2.26. The Bertz CT molecular complexity index is 691. The first-order valence-corrected chi connectivity index (χ1v) is 10.0. The Morgan fingerprint density at radius 3 is 2.46 bits per heavy atom. The number of nitrogens with two attached hydrogens (primary N) is 1. The minimum Gasteiger partial charge on any atom is -0.324 e. The molecule has 0 radical (unpaired) electrons. The zero-order valence-corrected chi connectivity index (χ0v) is 15.8. The molecule has 1 atom stereocenters. The summed E-state index contributed by atoms with van der Waals surface area (Å²) in [7, 11) is -3.39. The van der Waals surface area contributed by atoms with Gasteiger partial charge in [0.1, 0.15) is 0 Å². The van der Waals surface area contributed by atoms with Gasteiger partial charge in [0, 0.05) is 19.1 Å². The number of nitrogens with zero attached hydrogens (tertiary/aromatic N) is 1. The van der Waals surface area contributed by atoms with Crippen LogP contribution < -0.4 is 5.73 Å². The van der Waals surface area contributed by atoms with Gasteiger partial charge in [-0.15, -0.1) is 12.4 Å². The topological polar surface area (TPSA) is 63.4 Å². The number of hydrogen-bond donors (Lipinski definition) is 1. The standard InChI is InChI=1S/C18H26N2O2S.ClH/c1-14(19)18-10-9-17(13-16(18)8-7-15-5-6-15)23(21,22)20-11-3-2-4-12-20;/h7-10,13-15H,2-6,11-12,19H2,1H3;1H/b8-7+;/t14-;/m1./s1. The van der Waals surface area contributed by atoms with Gasteiger partial charge in [-0.1, -0.05) is 24.6 Å². The lowest BCUT2D eigenvalue weighted by Crippen LogP contribution is -2.35. The van der Waals surface area contributed by atoms with Crippen LogP contribution >= 0.6 is 12.4 Å². The number of benzene rings is 1. The fraction of sp³-hybridized carbons (Fsp3) is 0.556. The van der Waals surface area contributed by atoms with E-state index in [9.17, 15) is 8.42 Å². The minimum atomic E-state index is -3.39. The van der Waals surface area contributed by atoms with Gasteiger partial charge in [-0.05, 0) is 61.8 Å². The maximum Gasteiger partial charge on any atom is 0.243 e. The molecule has 6 heteroatoms. The molecule has 1 saturated carbocycles. The van der Waals surface area contributed by atoms with E-state index in [0.29, 0.717) is 23.9 Å². The fourth-order valence-electron chi connectivity index (χ4n) is 3.06. The molecule has 4 nitrogen and oxygen atoms in total. The molecule has 0 spiro atoms. The van der Waals surface area contributed by atoms with Gasteiger partial charge in [0.2, 0.25) is 10.0 Å². The maximum absolute atomic E-state index is 12.8. The lowest BCUT2D eigenvalue weighted by atomic mass is 10.0. The van der Waals surface area contributed by atoms with E-state index in [1.54, 1.807) is 16.4 Å². The van der Waals surface area contributed by atoms with Crippen LogP contribution in [0.2, 0.25) is 0 Å². The lowest BCUT2D eigenvalue weighted by Gasteiger charge is -2.26. The smallest absolute Gasteiger partial charge is 0.243 e. The molecule has 24 heavy (non-hydrogen) atoms. The van der Waals surface area contributed by atoms with Gasteiger partial charge in [-0.2, -0.15) is 4.31 Å². The van der Waals surface area contributed by atoms with Crippen LogP contribution in [0.4, 0.5) is 0 Å². The second kappa shape index (κ2) is 8.00. The van der Waals surface area contributed by atoms with Gasteiger partial charge in [-0.25, -0.2) is 8.42 Å². The Balaban J connectivity index is 0.00000208. The van der Waals surface area contributed by atoms with Gasteiger partial charge < -0.3 is 5.73 Å². The average Bonchev–Trinajstić information content (AvgIpc) is 3.37. The number of rotatable bonds is 5. The number of hydrogen-bond acceptors (Lipinski definition) is 3. The lowest BCUT2D eigenvalue weighted by molar-refractivity contribution is 0.346. The van der Waals surface area contributed by atoms with Crippen molar-refractivity contribution in [1.82, 2.24) is 4.31 Å². The van der Waals surface area contributed by atoms with Gasteiger partial charge >= 0.3 is 0 Å². The Hall–Kier alpha value is -0.880. The maximum atomic E-state index is 12.8. The van der Waals surface area contributed by atoms with E-state index in [4.69, 9.17) is 5.73 Å². The third-order valence-electron chi connectivity index (χ3n) is 4.67. The second-order valence-corrected chi connectivity index (χ2v) is 8.68. The zero-order valence-electron chi connectivity index (χ0n) is 14.1. The molecule has 3 rings (SSSR count). The first-order chi connectivity index (χ1) is 11.0. The quantitative estimate of drug-likeness (QED) is 0.858. The number of sulfonamides is 1. The molecule has 1 heterocycles. The highest BCUT2D eigenvalue weighted by Crippen LogP contribution is 2.32. The summed E-state index contributed by atoms with van der Waals surface area (Å²) in [5.74, 6) is 0.651. The third-order valence-corrected chi connectivity index (χ3v) is 6.57. The molecule has 1 aliphatic heterocycles. The molecule has 2 aliphatic rings. The second-order valence-electron chi connectivity index (χ2n) is 6.74. The van der Waals surface area contributed by atoms with E-state index in [2.05, 4.69) is 6.08 Å². The van der Waals surface area contributed by atoms with Crippen molar-refractivity contribution in [3.63, 3.8) is 0 Å². The van der Waals surface area contributed by atoms with E-state index >= 15 is 0 Å². The summed E-state index contributed by atoms with van der Waals surface area (Å²) >= 11 is 0. The van der Waals surface area contributed by atoms with E-state index in [1.807, 2.05) is 19.1 Å². The molecule has 1 aliphatic carbocycles. The predicted molar refractivity (Wildman–Crippen MR) is 101 cm³/mol. The van der Waals surface area contributed by atoms with Crippen LogP contribution in [-0.2, 0) is 10.0 Å². The van der Waals surface area contributed by atoms with Crippen molar-refractivity contribution in [3.05, 3.63) is 35.4 Å².